The lowest BCUT2D eigenvalue weighted by Gasteiger charge is -2.39. The van der Waals surface area contributed by atoms with E-state index in [1.807, 2.05) is 0 Å². The highest BCUT2D eigenvalue weighted by Gasteiger charge is 2.47. The smallest absolute Gasteiger partial charge is 0.421 e. The fourth-order valence-electron chi connectivity index (χ4n) is 4.19. The van der Waals surface area contributed by atoms with E-state index >= 15 is 0 Å². The van der Waals surface area contributed by atoms with Crippen molar-refractivity contribution >= 4 is 11.9 Å². The SMILES string of the molecule is COc1ncc(C(=O)C2CC3CCC(C2)N3C(=O)OC(C)(C)C)cc1C(F)(F)F. The third kappa shape index (κ3) is 4.48. The van der Waals surface area contributed by atoms with E-state index in [4.69, 9.17) is 4.74 Å². The monoisotopic (exact) mass is 414 g/mol. The van der Waals surface area contributed by atoms with Gasteiger partial charge in [-0.25, -0.2) is 9.78 Å². The van der Waals surface area contributed by atoms with Gasteiger partial charge in [0.15, 0.2) is 5.78 Å². The van der Waals surface area contributed by atoms with Crippen LogP contribution < -0.4 is 4.74 Å². The zero-order valence-corrected chi connectivity index (χ0v) is 16.9. The van der Waals surface area contributed by atoms with Crippen molar-refractivity contribution in [3.63, 3.8) is 0 Å². The summed E-state index contributed by atoms with van der Waals surface area (Å²) in [6, 6.07) is 0.507. The summed E-state index contributed by atoms with van der Waals surface area (Å²) in [5.41, 5.74) is -1.78. The Balaban J connectivity index is 1.77. The molecule has 160 valence electrons. The number of alkyl halides is 3. The lowest BCUT2D eigenvalue weighted by atomic mass is 9.85. The maximum atomic E-state index is 13.2. The first-order valence-electron chi connectivity index (χ1n) is 9.57. The van der Waals surface area contributed by atoms with E-state index < -0.39 is 35.2 Å². The molecule has 2 aliphatic heterocycles. The first-order chi connectivity index (χ1) is 13.4. The van der Waals surface area contributed by atoms with Crippen LogP contribution >= 0.6 is 0 Å². The Morgan fingerprint density at radius 3 is 2.21 bits per heavy atom. The number of pyridine rings is 1. The number of nitrogens with zero attached hydrogens (tertiary/aromatic N) is 2. The first-order valence-corrected chi connectivity index (χ1v) is 9.57. The summed E-state index contributed by atoms with van der Waals surface area (Å²) in [4.78, 5) is 30.8. The minimum Gasteiger partial charge on any atom is -0.481 e. The van der Waals surface area contributed by atoms with Gasteiger partial charge >= 0.3 is 12.3 Å². The van der Waals surface area contributed by atoms with Crippen molar-refractivity contribution in [1.29, 1.82) is 0 Å². The van der Waals surface area contributed by atoms with E-state index in [-0.39, 0.29) is 23.4 Å². The number of fused-ring (bicyclic) bond motifs is 2. The fraction of sp³-hybridized carbons (Fsp3) is 0.650. The summed E-state index contributed by atoms with van der Waals surface area (Å²) in [6.07, 6.45) is -1.64. The van der Waals surface area contributed by atoms with Crippen LogP contribution in [0.4, 0.5) is 18.0 Å². The number of piperidine rings is 1. The molecule has 2 atom stereocenters. The number of halogens is 3. The number of carbonyl (C=O) groups excluding carboxylic acids is 2. The Kier molecular flexibility index (Phi) is 5.53. The van der Waals surface area contributed by atoms with Gasteiger partial charge in [-0.15, -0.1) is 0 Å². The number of hydrogen-bond acceptors (Lipinski definition) is 5. The molecule has 2 saturated heterocycles. The van der Waals surface area contributed by atoms with Crippen LogP contribution in [0.25, 0.3) is 0 Å². The van der Waals surface area contributed by atoms with E-state index in [1.54, 1.807) is 25.7 Å². The highest BCUT2D eigenvalue weighted by molar-refractivity contribution is 5.98. The molecule has 2 bridgehead atoms. The number of carbonyl (C=O) groups is 2. The Labute approximate surface area is 167 Å². The summed E-state index contributed by atoms with van der Waals surface area (Å²) in [5, 5.41) is 0. The van der Waals surface area contributed by atoms with Gasteiger partial charge < -0.3 is 14.4 Å². The van der Waals surface area contributed by atoms with E-state index in [0.717, 1.165) is 32.2 Å². The largest absolute Gasteiger partial charge is 0.481 e. The summed E-state index contributed by atoms with van der Waals surface area (Å²) in [6.45, 7) is 5.37. The molecule has 2 aliphatic rings. The highest BCUT2D eigenvalue weighted by Crippen LogP contribution is 2.41. The highest BCUT2D eigenvalue weighted by atomic mass is 19.4. The van der Waals surface area contributed by atoms with Crippen LogP contribution in [0.1, 0.15) is 62.4 Å². The van der Waals surface area contributed by atoms with E-state index in [1.165, 1.54) is 0 Å². The summed E-state index contributed by atoms with van der Waals surface area (Å²) >= 11 is 0. The van der Waals surface area contributed by atoms with Gasteiger partial charge in [0.25, 0.3) is 0 Å². The van der Waals surface area contributed by atoms with Crippen LogP contribution in [0, 0.1) is 5.92 Å². The third-order valence-corrected chi connectivity index (χ3v) is 5.34. The van der Waals surface area contributed by atoms with Gasteiger partial charge in [0.2, 0.25) is 5.88 Å². The Bertz CT molecular complexity index is 790. The molecule has 9 heteroatoms. The molecule has 1 aromatic rings. The molecule has 3 rings (SSSR count). The predicted molar refractivity (Wildman–Crippen MR) is 97.7 cm³/mol. The zero-order chi connectivity index (χ0) is 21.6. The zero-order valence-electron chi connectivity index (χ0n) is 16.9. The third-order valence-electron chi connectivity index (χ3n) is 5.34. The quantitative estimate of drug-likeness (QED) is 0.683. The lowest BCUT2D eigenvalue weighted by Crippen LogP contribution is -2.49. The normalized spacial score (nSPS) is 24.4. The number of rotatable bonds is 3. The lowest BCUT2D eigenvalue weighted by molar-refractivity contribution is -0.139. The molecule has 3 heterocycles. The van der Waals surface area contributed by atoms with Gasteiger partial charge in [-0.2, -0.15) is 13.2 Å². The molecule has 29 heavy (non-hydrogen) atoms. The maximum absolute atomic E-state index is 13.2. The number of Topliss-reactive ketones (excluding diaryl/α,β-unsaturated/α-hetero) is 1. The predicted octanol–water partition coefficient (Wildman–Crippen LogP) is 4.47. The van der Waals surface area contributed by atoms with E-state index in [2.05, 4.69) is 9.72 Å². The van der Waals surface area contributed by atoms with Crippen molar-refractivity contribution in [3.8, 4) is 5.88 Å². The molecule has 1 amide bonds. The van der Waals surface area contributed by atoms with Crippen molar-refractivity contribution in [3.05, 3.63) is 23.4 Å². The number of ether oxygens (including phenoxy) is 2. The Hall–Kier alpha value is -2.32. The molecule has 0 aliphatic carbocycles. The minimum atomic E-state index is -4.67. The summed E-state index contributed by atoms with van der Waals surface area (Å²) in [5.74, 6) is -1.40. The maximum Gasteiger partial charge on any atom is 0.421 e. The van der Waals surface area contributed by atoms with E-state index in [0.29, 0.717) is 12.8 Å². The number of aromatic nitrogens is 1. The molecule has 0 spiro atoms. The standard InChI is InChI=1S/C20H25F3N2O4/c1-19(2,3)29-18(27)25-13-5-6-14(25)8-11(7-13)16(26)12-9-15(20(21,22)23)17(28-4)24-10-12/h9-11,13-14H,5-8H2,1-4H3. The summed E-state index contributed by atoms with van der Waals surface area (Å²) < 4.78 is 49.9. The van der Waals surface area contributed by atoms with Crippen molar-refractivity contribution in [2.75, 3.05) is 7.11 Å². The van der Waals surface area contributed by atoms with Crippen molar-refractivity contribution in [2.24, 2.45) is 5.92 Å². The molecule has 2 unspecified atom stereocenters. The minimum absolute atomic E-state index is 0.0896. The molecule has 0 saturated carbocycles. The first kappa shape index (κ1) is 21.4. The molecule has 1 aromatic heterocycles. The molecule has 0 aromatic carbocycles. The van der Waals surface area contributed by atoms with Gasteiger partial charge in [0.05, 0.1) is 7.11 Å². The van der Waals surface area contributed by atoms with Gasteiger partial charge in [-0.05, 0) is 52.5 Å². The van der Waals surface area contributed by atoms with Crippen molar-refractivity contribution < 1.29 is 32.2 Å². The second-order valence-corrected chi connectivity index (χ2v) is 8.58. The van der Waals surface area contributed by atoms with Gasteiger partial charge in [0, 0.05) is 29.8 Å². The van der Waals surface area contributed by atoms with Gasteiger partial charge in [-0.3, -0.25) is 4.79 Å². The van der Waals surface area contributed by atoms with Crippen LogP contribution in [-0.4, -0.2) is 46.6 Å². The van der Waals surface area contributed by atoms with Crippen LogP contribution in [-0.2, 0) is 10.9 Å². The Morgan fingerprint density at radius 1 is 1.14 bits per heavy atom. The van der Waals surface area contributed by atoms with Crippen LogP contribution in [0.3, 0.4) is 0 Å². The number of hydrogen-bond donors (Lipinski definition) is 0. The van der Waals surface area contributed by atoms with Crippen molar-refractivity contribution in [2.45, 2.75) is 70.3 Å². The second-order valence-electron chi connectivity index (χ2n) is 8.58. The average molecular weight is 414 g/mol. The van der Waals surface area contributed by atoms with Gasteiger partial charge in [0.1, 0.15) is 11.2 Å². The van der Waals surface area contributed by atoms with Gasteiger partial charge in [-0.1, -0.05) is 0 Å². The van der Waals surface area contributed by atoms with E-state index in [9.17, 15) is 22.8 Å². The van der Waals surface area contributed by atoms with Crippen molar-refractivity contribution in [1.82, 2.24) is 9.88 Å². The molecular formula is C20H25F3N2O4. The van der Waals surface area contributed by atoms with Crippen LogP contribution in [0.5, 0.6) is 5.88 Å². The molecule has 2 fully saturated rings. The molecular weight excluding hydrogens is 389 g/mol. The average Bonchev–Trinajstić information content (AvgIpc) is 2.88. The molecule has 6 nitrogen and oxygen atoms in total. The van der Waals surface area contributed by atoms with Crippen LogP contribution in [0.2, 0.25) is 0 Å². The second kappa shape index (κ2) is 7.50. The molecule has 0 N–H and O–H groups in total. The fourth-order valence-corrected chi connectivity index (χ4v) is 4.19. The molecule has 0 radical (unpaired) electrons. The van der Waals surface area contributed by atoms with Crippen LogP contribution in [0.15, 0.2) is 12.3 Å². The number of methoxy groups -OCH3 is 1. The Morgan fingerprint density at radius 2 is 1.72 bits per heavy atom. The number of ketones is 1. The summed E-state index contributed by atoms with van der Waals surface area (Å²) in [7, 11) is 1.10. The number of amides is 1. The topological polar surface area (TPSA) is 68.7 Å².